The van der Waals surface area contributed by atoms with Crippen LogP contribution in [0.1, 0.15) is 21.5 Å². The van der Waals surface area contributed by atoms with Crippen molar-refractivity contribution in [1.29, 1.82) is 0 Å². The first kappa shape index (κ1) is 15.2. The molecule has 0 aromatic heterocycles. The molecule has 2 aromatic rings. The van der Waals surface area contributed by atoms with Crippen LogP contribution in [0.25, 0.3) is 0 Å². The average molecular weight is 306 g/mol. The molecular weight excluding hydrogens is 290 g/mol. The highest BCUT2D eigenvalue weighted by molar-refractivity contribution is 6.34. The quantitative estimate of drug-likeness (QED) is 0.694. The van der Waals surface area contributed by atoms with Gasteiger partial charge in [0.15, 0.2) is 11.5 Å². The van der Waals surface area contributed by atoms with Crippen molar-refractivity contribution < 1.29 is 14.3 Å². The van der Waals surface area contributed by atoms with Gasteiger partial charge >= 0.3 is 0 Å². The van der Waals surface area contributed by atoms with Gasteiger partial charge in [0, 0.05) is 11.3 Å². The third-order valence-corrected chi connectivity index (χ3v) is 3.58. The lowest BCUT2D eigenvalue weighted by atomic mass is 9.98. The number of hydrogen-bond acceptors (Lipinski definition) is 4. The number of carbonyl (C=O) groups excluding carboxylic acids is 1. The van der Waals surface area contributed by atoms with E-state index in [1.165, 1.54) is 14.2 Å². The van der Waals surface area contributed by atoms with Gasteiger partial charge in [-0.3, -0.25) is 4.79 Å². The molecule has 0 fully saturated rings. The van der Waals surface area contributed by atoms with E-state index in [4.69, 9.17) is 26.8 Å². The Morgan fingerprint density at radius 2 is 1.76 bits per heavy atom. The molecule has 0 bridgehead atoms. The Balaban J connectivity index is 2.55. The molecule has 110 valence electrons. The Hall–Kier alpha value is -2.20. The first-order valence-corrected chi connectivity index (χ1v) is 6.68. The molecule has 0 aliphatic rings. The molecule has 21 heavy (non-hydrogen) atoms. The van der Waals surface area contributed by atoms with Crippen molar-refractivity contribution >= 4 is 23.1 Å². The van der Waals surface area contributed by atoms with Crippen LogP contribution in [-0.2, 0) is 0 Å². The maximum atomic E-state index is 12.7. The Bertz CT molecular complexity index is 698. The van der Waals surface area contributed by atoms with E-state index in [-0.39, 0.29) is 10.8 Å². The summed E-state index contributed by atoms with van der Waals surface area (Å²) in [6.45, 7) is 1.83. The van der Waals surface area contributed by atoms with Crippen LogP contribution >= 0.6 is 11.6 Å². The summed E-state index contributed by atoms with van der Waals surface area (Å²) in [5, 5.41) is 0.277. The number of rotatable bonds is 4. The summed E-state index contributed by atoms with van der Waals surface area (Å²) in [6, 6.07) is 8.43. The molecule has 5 heteroatoms. The molecule has 0 spiro atoms. The van der Waals surface area contributed by atoms with Crippen LogP contribution < -0.4 is 15.2 Å². The van der Waals surface area contributed by atoms with Crippen molar-refractivity contribution in [1.82, 2.24) is 0 Å². The molecule has 0 saturated heterocycles. The summed E-state index contributed by atoms with van der Waals surface area (Å²) in [4.78, 5) is 12.7. The number of anilines is 1. The van der Waals surface area contributed by atoms with Crippen molar-refractivity contribution in [3.63, 3.8) is 0 Å². The van der Waals surface area contributed by atoms with Crippen LogP contribution in [0.5, 0.6) is 11.5 Å². The van der Waals surface area contributed by atoms with Crippen LogP contribution in [0.3, 0.4) is 0 Å². The zero-order chi connectivity index (χ0) is 15.6. The Morgan fingerprint density at radius 3 is 2.33 bits per heavy atom. The average Bonchev–Trinajstić information content (AvgIpc) is 2.46. The van der Waals surface area contributed by atoms with Gasteiger partial charge in [0.25, 0.3) is 0 Å². The number of halogens is 1. The topological polar surface area (TPSA) is 61.5 Å². The molecule has 2 N–H and O–H groups in total. The number of nitrogens with two attached hydrogens (primary N) is 1. The van der Waals surface area contributed by atoms with E-state index >= 15 is 0 Å². The number of benzene rings is 2. The molecule has 0 amide bonds. The fourth-order valence-electron chi connectivity index (χ4n) is 2.16. The lowest BCUT2D eigenvalue weighted by Crippen LogP contribution is -2.07. The number of carbonyl (C=O) groups is 1. The molecule has 0 aliphatic carbocycles. The van der Waals surface area contributed by atoms with Crippen molar-refractivity contribution in [2.24, 2.45) is 0 Å². The molecule has 0 unspecified atom stereocenters. The lowest BCUT2D eigenvalue weighted by molar-refractivity contribution is 0.103. The molecule has 0 radical (unpaired) electrons. The van der Waals surface area contributed by atoms with E-state index in [1.807, 2.05) is 6.92 Å². The molecule has 2 aromatic carbocycles. The normalized spacial score (nSPS) is 10.3. The zero-order valence-electron chi connectivity index (χ0n) is 12.1. The van der Waals surface area contributed by atoms with Crippen molar-refractivity contribution in [3.8, 4) is 11.5 Å². The molecule has 4 nitrogen and oxygen atoms in total. The van der Waals surface area contributed by atoms with Gasteiger partial charge in [-0.15, -0.1) is 0 Å². The lowest BCUT2D eigenvalue weighted by Gasteiger charge is -2.13. The van der Waals surface area contributed by atoms with Crippen molar-refractivity contribution in [2.75, 3.05) is 20.0 Å². The van der Waals surface area contributed by atoms with E-state index in [2.05, 4.69) is 0 Å². The SMILES string of the molecule is COc1ccc(C(=O)c2ccc(N)cc2C)c(OC)c1Cl. The van der Waals surface area contributed by atoms with Gasteiger partial charge in [0.1, 0.15) is 10.8 Å². The minimum Gasteiger partial charge on any atom is -0.495 e. The fourth-order valence-corrected chi connectivity index (χ4v) is 2.48. The first-order chi connectivity index (χ1) is 9.99. The number of nitrogen functional groups attached to an aromatic ring is 1. The second kappa shape index (κ2) is 6.06. The molecule has 0 saturated carbocycles. The number of methoxy groups -OCH3 is 2. The number of ether oxygens (including phenoxy) is 2. The van der Waals surface area contributed by atoms with Crippen LogP contribution in [0.4, 0.5) is 5.69 Å². The Morgan fingerprint density at radius 1 is 1.10 bits per heavy atom. The van der Waals surface area contributed by atoms with E-state index in [0.717, 1.165) is 5.56 Å². The molecule has 0 atom stereocenters. The number of aryl methyl sites for hydroxylation is 1. The van der Waals surface area contributed by atoms with Crippen LogP contribution in [0, 0.1) is 6.92 Å². The van der Waals surface area contributed by atoms with Gasteiger partial charge in [0.05, 0.1) is 19.8 Å². The van der Waals surface area contributed by atoms with Gasteiger partial charge in [-0.1, -0.05) is 11.6 Å². The monoisotopic (exact) mass is 305 g/mol. The summed E-state index contributed by atoms with van der Waals surface area (Å²) in [7, 11) is 2.97. The van der Waals surface area contributed by atoms with E-state index < -0.39 is 0 Å². The minimum absolute atomic E-state index is 0.172. The second-order valence-corrected chi connectivity index (χ2v) is 4.94. The molecule has 0 aliphatic heterocycles. The van der Waals surface area contributed by atoms with Gasteiger partial charge in [-0.2, -0.15) is 0 Å². The zero-order valence-corrected chi connectivity index (χ0v) is 12.8. The third kappa shape index (κ3) is 2.81. The van der Waals surface area contributed by atoms with Crippen LogP contribution in [0.15, 0.2) is 30.3 Å². The summed E-state index contributed by atoms with van der Waals surface area (Å²) in [5.74, 6) is 0.588. The molecule has 0 heterocycles. The molecule has 2 rings (SSSR count). The van der Waals surface area contributed by atoms with Gasteiger partial charge in [-0.25, -0.2) is 0 Å². The predicted molar refractivity (Wildman–Crippen MR) is 83.6 cm³/mol. The first-order valence-electron chi connectivity index (χ1n) is 6.31. The molecular formula is C16H16ClNO3. The largest absolute Gasteiger partial charge is 0.495 e. The highest BCUT2D eigenvalue weighted by atomic mass is 35.5. The standard InChI is InChI=1S/C16H16ClNO3/c1-9-8-10(18)4-5-11(9)15(19)12-6-7-13(20-2)14(17)16(12)21-3/h4-8H,18H2,1-3H3. The maximum Gasteiger partial charge on any atom is 0.197 e. The van der Waals surface area contributed by atoms with Gasteiger partial charge in [0.2, 0.25) is 0 Å². The summed E-state index contributed by atoms with van der Waals surface area (Å²) >= 11 is 6.19. The Labute approximate surface area is 128 Å². The predicted octanol–water partition coefficient (Wildman–Crippen LogP) is 3.48. The highest BCUT2D eigenvalue weighted by Gasteiger charge is 2.20. The summed E-state index contributed by atoms with van der Waals surface area (Å²) in [6.07, 6.45) is 0. The number of ketones is 1. The van der Waals surface area contributed by atoms with E-state index in [0.29, 0.717) is 28.3 Å². The second-order valence-electron chi connectivity index (χ2n) is 4.57. The minimum atomic E-state index is -0.172. The highest BCUT2D eigenvalue weighted by Crippen LogP contribution is 2.38. The third-order valence-electron chi connectivity index (χ3n) is 3.23. The maximum absolute atomic E-state index is 12.7. The fraction of sp³-hybridized carbons (Fsp3) is 0.188. The van der Waals surface area contributed by atoms with Gasteiger partial charge < -0.3 is 15.2 Å². The van der Waals surface area contributed by atoms with E-state index in [9.17, 15) is 4.79 Å². The van der Waals surface area contributed by atoms with Crippen molar-refractivity contribution in [3.05, 3.63) is 52.0 Å². The smallest absolute Gasteiger partial charge is 0.197 e. The Kier molecular flexibility index (Phi) is 4.38. The summed E-state index contributed by atoms with van der Waals surface area (Å²) in [5.41, 5.74) is 8.07. The van der Waals surface area contributed by atoms with E-state index in [1.54, 1.807) is 30.3 Å². The van der Waals surface area contributed by atoms with Gasteiger partial charge in [-0.05, 0) is 42.8 Å². The van der Waals surface area contributed by atoms with Crippen LogP contribution in [-0.4, -0.2) is 20.0 Å². The van der Waals surface area contributed by atoms with Crippen LogP contribution in [0.2, 0.25) is 5.02 Å². The summed E-state index contributed by atoms with van der Waals surface area (Å²) < 4.78 is 10.4. The number of hydrogen-bond donors (Lipinski definition) is 1. The van der Waals surface area contributed by atoms with Crippen molar-refractivity contribution in [2.45, 2.75) is 6.92 Å².